The number of halogens is 3. The molecule has 0 spiro atoms. The fourth-order valence-corrected chi connectivity index (χ4v) is 3.86. The third-order valence-corrected chi connectivity index (χ3v) is 5.68. The monoisotopic (exact) mass is 423 g/mol. The minimum atomic E-state index is -4.32. The second-order valence-electron chi connectivity index (χ2n) is 7.69. The lowest BCUT2D eigenvalue weighted by atomic mass is 10.1. The SMILES string of the molecule is COc1ccccc1NC(=O)[C@@H](C)[NH+]1CC[NH+](Cc2cccc(C(F)(F)F)c2)CC1. The summed E-state index contributed by atoms with van der Waals surface area (Å²) in [6.45, 7) is 5.64. The largest absolute Gasteiger partial charge is 0.495 e. The van der Waals surface area contributed by atoms with Crippen LogP contribution in [0.4, 0.5) is 18.9 Å². The number of alkyl halides is 3. The number of quaternary nitrogens is 2. The molecule has 3 N–H and O–H groups in total. The molecule has 0 saturated carbocycles. The number of piperazine rings is 1. The maximum Gasteiger partial charge on any atom is 0.416 e. The van der Waals surface area contributed by atoms with Gasteiger partial charge in [0.25, 0.3) is 5.91 Å². The van der Waals surface area contributed by atoms with Crippen molar-refractivity contribution in [3.8, 4) is 5.75 Å². The zero-order valence-corrected chi connectivity index (χ0v) is 17.2. The Morgan fingerprint density at radius 2 is 1.80 bits per heavy atom. The normalized spacial score (nSPS) is 20.4. The number of amides is 1. The summed E-state index contributed by atoms with van der Waals surface area (Å²) in [5, 5.41) is 2.93. The quantitative estimate of drug-likeness (QED) is 0.650. The van der Waals surface area contributed by atoms with Crippen molar-refractivity contribution in [1.82, 2.24) is 0 Å². The van der Waals surface area contributed by atoms with E-state index in [1.54, 1.807) is 25.3 Å². The predicted octanol–water partition coefficient (Wildman–Crippen LogP) is 1.02. The molecule has 0 bridgehead atoms. The first-order chi connectivity index (χ1) is 14.3. The van der Waals surface area contributed by atoms with Gasteiger partial charge in [-0.3, -0.25) is 4.79 Å². The molecule has 3 rings (SSSR count). The number of rotatable bonds is 6. The van der Waals surface area contributed by atoms with Crippen LogP contribution in [0.5, 0.6) is 5.75 Å². The van der Waals surface area contributed by atoms with Gasteiger partial charge in [0.15, 0.2) is 6.04 Å². The van der Waals surface area contributed by atoms with Gasteiger partial charge >= 0.3 is 6.18 Å². The van der Waals surface area contributed by atoms with Crippen LogP contribution in [0, 0.1) is 0 Å². The van der Waals surface area contributed by atoms with Gasteiger partial charge in [0.05, 0.1) is 18.4 Å². The van der Waals surface area contributed by atoms with Gasteiger partial charge in [-0.15, -0.1) is 0 Å². The minimum Gasteiger partial charge on any atom is -0.495 e. The van der Waals surface area contributed by atoms with Crippen molar-refractivity contribution >= 4 is 11.6 Å². The number of anilines is 1. The first-order valence-electron chi connectivity index (χ1n) is 10.1. The lowest BCUT2D eigenvalue weighted by Crippen LogP contribution is -3.29. The lowest BCUT2D eigenvalue weighted by Gasteiger charge is -2.32. The van der Waals surface area contributed by atoms with E-state index >= 15 is 0 Å². The molecule has 0 radical (unpaired) electrons. The Kier molecular flexibility index (Phi) is 6.99. The molecule has 2 aromatic rings. The van der Waals surface area contributed by atoms with E-state index in [2.05, 4.69) is 5.32 Å². The van der Waals surface area contributed by atoms with Crippen LogP contribution in [0.15, 0.2) is 48.5 Å². The molecule has 2 aromatic carbocycles. The number of carbonyl (C=O) groups is 1. The Balaban J connectivity index is 1.53. The summed E-state index contributed by atoms with van der Waals surface area (Å²) in [4.78, 5) is 15.1. The van der Waals surface area contributed by atoms with Crippen LogP contribution in [0.2, 0.25) is 0 Å². The first-order valence-corrected chi connectivity index (χ1v) is 10.1. The highest BCUT2D eigenvalue weighted by atomic mass is 19.4. The summed E-state index contributed by atoms with van der Waals surface area (Å²) >= 11 is 0. The van der Waals surface area contributed by atoms with E-state index in [1.165, 1.54) is 21.9 Å². The molecule has 1 fully saturated rings. The average Bonchev–Trinajstić information content (AvgIpc) is 2.74. The molecule has 1 saturated heterocycles. The molecule has 1 heterocycles. The molecule has 0 aliphatic carbocycles. The zero-order chi connectivity index (χ0) is 21.7. The molecular formula is C22H28F3N3O2+2. The Morgan fingerprint density at radius 3 is 2.47 bits per heavy atom. The molecule has 30 heavy (non-hydrogen) atoms. The molecule has 1 atom stereocenters. The number of nitrogens with one attached hydrogen (secondary N) is 3. The Morgan fingerprint density at radius 1 is 1.10 bits per heavy atom. The highest BCUT2D eigenvalue weighted by Gasteiger charge is 2.33. The van der Waals surface area contributed by atoms with Crippen LogP contribution in [-0.2, 0) is 17.5 Å². The van der Waals surface area contributed by atoms with E-state index in [1.807, 2.05) is 19.1 Å². The summed E-state index contributed by atoms with van der Waals surface area (Å²) in [7, 11) is 1.56. The van der Waals surface area contributed by atoms with Crippen molar-refractivity contribution in [2.75, 3.05) is 38.6 Å². The topological polar surface area (TPSA) is 47.2 Å². The van der Waals surface area contributed by atoms with Crippen LogP contribution >= 0.6 is 0 Å². The van der Waals surface area contributed by atoms with Gasteiger partial charge in [-0.05, 0) is 31.2 Å². The van der Waals surface area contributed by atoms with E-state index in [4.69, 9.17) is 4.74 Å². The lowest BCUT2D eigenvalue weighted by molar-refractivity contribution is -1.02. The fraction of sp³-hybridized carbons (Fsp3) is 0.409. The van der Waals surface area contributed by atoms with Gasteiger partial charge in [-0.2, -0.15) is 13.2 Å². The maximum atomic E-state index is 12.9. The molecule has 0 aromatic heterocycles. The van der Waals surface area contributed by atoms with Gasteiger partial charge < -0.3 is 19.9 Å². The minimum absolute atomic E-state index is 0.0733. The van der Waals surface area contributed by atoms with Crippen LogP contribution in [0.25, 0.3) is 0 Å². The van der Waals surface area contributed by atoms with Crippen molar-refractivity contribution in [2.45, 2.75) is 25.7 Å². The number of ether oxygens (including phenoxy) is 1. The van der Waals surface area contributed by atoms with Gasteiger partial charge in [-0.25, -0.2) is 0 Å². The molecule has 5 nitrogen and oxygen atoms in total. The van der Waals surface area contributed by atoms with E-state index in [0.717, 1.165) is 32.2 Å². The Labute approximate surface area is 174 Å². The molecule has 1 amide bonds. The third kappa shape index (κ3) is 5.52. The van der Waals surface area contributed by atoms with Crippen LogP contribution < -0.4 is 19.9 Å². The Hall–Kier alpha value is -2.58. The van der Waals surface area contributed by atoms with Crippen molar-refractivity contribution in [1.29, 1.82) is 0 Å². The smallest absolute Gasteiger partial charge is 0.416 e. The number of hydrogen-bond acceptors (Lipinski definition) is 2. The van der Waals surface area contributed by atoms with E-state index in [-0.39, 0.29) is 11.9 Å². The maximum absolute atomic E-state index is 12.9. The summed E-state index contributed by atoms with van der Waals surface area (Å²) < 4.78 is 44.0. The van der Waals surface area contributed by atoms with Gasteiger partial charge in [0.2, 0.25) is 0 Å². The van der Waals surface area contributed by atoms with Crippen LogP contribution in [0.3, 0.4) is 0 Å². The molecular weight excluding hydrogens is 395 g/mol. The van der Waals surface area contributed by atoms with Crippen molar-refractivity contribution < 1.29 is 32.5 Å². The standard InChI is InChI=1S/C22H26F3N3O2/c1-16(21(29)26-19-8-3-4-9-20(19)30-2)28-12-10-27(11-13-28)15-17-6-5-7-18(14-17)22(23,24)25/h3-9,14,16H,10-13,15H2,1-2H3,(H,26,29)/p+2/t16-/m1/s1. The second-order valence-corrected chi connectivity index (χ2v) is 7.69. The zero-order valence-electron chi connectivity index (χ0n) is 17.2. The van der Waals surface area contributed by atoms with Gasteiger partial charge in [-0.1, -0.05) is 24.3 Å². The second kappa shape index (κ2) is 9.49. The number of methoxy groups -OCH3 is 1. The van der Waals surface area contributed by atoms with E-state index < -0.39 is 11.7 Å². The number of para-hydroxylation sites is 2. The molecule has 1 aliphatic heterocycles. The summed E-state index contributed by atoms with van der Waals surface area (Å²) in [6.07, 6.45) is -4.32. The van der Waals surface area contributed by atoms with E-state index in [0.29, 0.717) is 23.5 Å². The highest BCUT2D eigenvalue weighted by molar-refractivity contribution is 5.94. The van der Waals surface area contributed by atoms with Crippen molar-refractivity contribution in [2.24, 2.45) is 0 Å². The first kappa shape index (κ1) is 22.1. The molecule has 8 heteroatoms. The molecule has 0 unspecified atom stereocenters. The molecule has 1 aliphatic rings. The number of carbonyl (C=O) groups excluding carboxylic acids is 1. The summed E-state index contributed by atoms with van der Waals surface area (Å²) in [6, 6.07) is 12.6. The number of benzene rings is 2. The van der Waals surface area contributed by atoms with Crippen LogP contribution in [0.1, 0.15) is 18.1 Å². The summed E-state index contributed by atoms with van der Waals surface area (Å²) in [5.41, 5.74) is 0.723. The van der Waals surface area contributed by atoms with Crippen molar-refractivity contribution in [3.05, 3.63) is 59.7 Å². The highest BCUT2D eigenvalue weighted by Crippen LogP contribution is 2.29. The fourth-order valence-electron chi connectivity index (χ4n) is 3.86. The van der Waals surface area contributed by atoms with Crippen molar-refractivity contribution in [3.63, 3.8) is 0 Å². The Bertz CT molecular complexity index is 865. The van der Waals surface area contributed by atoms with E-state index in [9.17, 15) is 18.0 Å². The predicted molar refractivity (Wildman–Crippen MR) is 108 cm³/mol. The number of hydrogen-bond donors (Lipinski definition) is 3. The average molecular weight is 423 g/mol. The van der Waals surface area contributed by atoms with Gasteiger partial charge in [0, 0.05) is 5.56 Å². The van der Waals surface area contributed by atoms with Gasteiger partial charge in [0.1, 0.15) is 38.5 Å². The van der Waals surface area contributed by atoms with Crippen LogP contribution in [-0.4, -0.2) is 45.2 Å². The third-order valence-electron chi connectivity index (χ3n) is 5.68. The summed E-state index contributed by atoms with van der Waals surface area (Å²) in [5.74, 6) is 0.541. The molecule has 162 valence electrons.